The van der Waals surface area contributed by atoms with Gasteiger partial charge in [0.25, 0.3) is 0 Å². The van der Waals surface area contributed by atoms with Crippen LogP contribution in [0.25, 0.3) is 11.5 Å². The van der Waals surface area contributed by atoms with Crippen molar-refractivity contribution in [3.05, 3.63) is 53.3 Å². The Morgan fingerprint density at radius 3 is 2.40 bits per heavy atom. The van der Waals surface area contributed by atoms with Gasteiger partial charge in [0.2, 0.25) is 0 Å². The molecule has 12 nitrogen and oxygen atoms in total. The van der Waals surface area contributed by atoms with Gasteiger partial charge in [-0.15, -0.1) is 0 Å². The van der Waals surface area contributed by atoms with Gasteiger partial charge in [-0.2, -0.15) is 32.1 Å². The van der Waals surface area contributed by atoms with E-state index in [0.29, 0.717) is 22.1 Å². The van der Waals surface area contributed by atoms with Crippen LogP contribution < -0.4 is 16.0 Å². The van der Waals surface area contributed by atoms with E-state index in [1.807, 2.05) is 0 Å². The molecule has 4 aromatic rings. The summed E-state index contributed by atoms with van der Waals surface area (Å²) in [6, 6.07) is 1.12. The molecule has 0 unspecified atom stereocenters. The largest absolute Gasteiger partial charge is 0.420 e. The van der Waals surface area contributed by atoms with Gasteiger partial charge < -0.3 is 20.7 Å². The highest BCUT2D eigenvalue weighted by Crippen LogP contribution is 2.35. The fourth-order valence-electron chi connectivity index (χ4n) is 3.43. The van der Waals surface area contributed by atoms with Crippen molar-refractivity contribution in [2.45, 2.75) is 24.6 Å². The molecule has 0 spiro atoms. The highest BCUT2D eigenvalue weighted by atomic mass is 35.5. The van der Waals surface area contributed by atoms with Crippen molar-refractivity contribution in [1.29, 1.82) is 0 Å². The van der Waals surface area contributed by atoms with Crippen molar-refractivity contribution in [2.75, 3.05) is 23.1 Å². The number of hydrogen-bond acceptors (Lipinski definition) is 7. The molecule has 1 atom stereocenters. The van der Waals surface area contributed by atoms with Crippen LogP contribution >= 0.6 is 23.2 Å². The standard InChI is InChI=1S/C21H16Cl2F5N9O3/c1-9(40-2)16-13(7-29-15-4-14(22)35-37(15)16)34-19(39)33-10-3-12(21(26,27)28)17(30-5-10)36-8-11(6-31-36)32-18(38)20(23,24)25/h3-9H,1-2H3,(H,32,38)(H2,33,34,39)/t9-/m0/s1. The number of halogens is 7. The molecule has 0 saturated heterocycles. The summed E-state index contributed by atoms with van der Waals surface area (Å²) in [5, 5.41) is 10.0. The SMILES string of the molecule is CO[C@@H](C)c1c(NC(=O)Nc2cnc(-n3cc(NC(=O)C(F)(F)Cl)cn3)c(C(F)(F)F)c2)cnc2cc(Cl)nn12. The van der Waals surface area contributed by atoms with Gasteiger partial charge in [0.05, 0.1) is 53.6 Å². The molecule has 4 aromatic heterocycles. The third-order valence-electron chi connectivity index (χ3n) is 5.22. The Morgan fingerprint density at radius 2 is 1.75 bits per heavy atom. The zero-order valence-electron chi connectivity index (χ0n) is 20.1. The first-order valence-electron chi connectivity index (χ1n) is 10.8. The molecule has 3 N–H and O–H groups in total. The summed E-state index contributed by atoms with van der Waals surface area (Å²) >= 11 is 10.6. The number of nitrogens with zero attached hydrogens (tertiary/aromatic N) is 6. The quantitative estimate of drug-likeness (QED) is 0.196. The van der Waals surface area contributed by atoms with E-state index >= 15 is 0 Å². The molecule has 0 aliphatic rings. The van der Waals surface area contributed by atoms with Gasteiger partial charge in [-0.25, -0.2) is 24.0 Å². The number of fused-ring (bicyclic) bond motifs is 1. The molecule has 0 aromatic carbocycles. The second kappa shape index (κ2) is 10.8. The summed E-state index contributed by atoms with van der Waals surface area (Å²) in [5.74, 6) is -2.67. The Kier molecular flexibility index (Phi) is 7.82. The van der Waals surface area contributed by atoms with Crippen molar-refractivity contribution in [2.24, 2.45) is 0 Å². The molecule has 0 bridgehead atoms. The predicted molar refractivity (Wildman–Crippen MR) is 132 cm³/mol. The first-order chi connectivity index (χ1) is 18.7. The molecular formula is C21H16Cl2F5N9O3. The molecule has 3 amide bonds. The van der Waals surface area contributed by atoms with Gasteiger partial charge in [0.1, 0.15) is 5.56 Å². The molecular weight excluding hydrogens is 592 g/mol. The van der Waals surface area contributed by atoms with Crippen molar-refractivity contribution < 1.29 is 36.3 Å². The number of carbonyl (C=O) groups is 2. The third kappa shape index (κ3) is 6.21. The molecule has 0 saturated carbocycles. The predicted octanol–water partition coefficient (Wildman–Crippen LogP) is 5.10. The van der Waals surface area contributed by atoms with Crippen LogP contribution in [0.4, 0.5) is 43.8 Å². The maximum Gasteiger partial charge on any atom is 0.420 e. The maximum atomic E-state index is 13.9. The molecule has 19 heteroatoms. The van der Waals surface area contributed by atoms with E-state index in [1.165, 1.54) is 23.9 Å². The molecule has 40 heavy (non-hydrogen) atoms. The van der Waals surface area contributed by atoms with E-state index in [1.54, 1.807) is 12.2 Å². The normalized spacial score (nSPS) is 12.8. The lowest BCUT2D eigenvalue weighted by Crippen LogP contribution is -2.28. The van der Waals surface area contributed by atoms with E-state index in [0.717, 1.165) is 18.6 Å². The van der Waals surface area contributed by atoms with Crippen molar-refractivity contribution in [1.82, 2.24) is 29.4 Å². The highest BCUT2D eigenvalue weighted by molar-refractivity contribution is 6.33. The number of methoxy groups -OCH3 is 1. The van der Waals surface area contributed by atoms with Crippen LogP contribution in [0.15, 0.2) is 36.9 Å². The average Bonchev–Trinajstić information content (AvgIpc) is 3.48. The highest BCUT2D eigenvalue weighted by Gasteiger charge is 2.37. The lowest BCUT2D eigenvalue weighted by Gasteiger charge is -2.17. The number of pyridine rings is 1. The fourth-order valence-corrected chi connectivity index (χ4v) is 3.65. The Bertz CT molecular complexity index is 1590. The lowest BCUT2D eigenvalue weighted by atomic mass is 10.2. The first-order valence-corrected chi connectivity index (χ1v) is 11.6. The number of rotatable bonds is 7. The van der Waals surface area contributed by atoms with Gasteiger partial charge >= 0.3 is 23.5 Å². The molecule has 212 valence electrons. The molecule has 0 aliphatic carbocycles. The van der Waals surface area contributed by atoms with E-state index in [4.69, 9.17) is 16.3 Å². The smallest absolute Gasteiger partial charge is 0.375 e. The van der Waals surface area contributed by atoms with Crippen molar-refractivity contribution in [3.8, 4) is 5.82 Å². The van der Waals surface area contributed by atoms with Crippen LogP contribution in [0.1, 0.15) is 24.3 Å². The number of aromatic nitrogens is 6. The van der Waals surface area contributed by atoms with Crippen molar-refractivity contribution in [3.63, 3.8) is 0 Å². The molecule has 0 radical (unpaired) electrons. The second-order valence-electron chi connectivity index (χ2n) is 7.97. The van der Waals surface area contributed by atoms with Crippen LogP contribution in [0.3, 0.4) is 0 Å². The van der Waals surface area contributed by atoms with Gasteiger partial charge in [-0.1, -0.05) is 11.6 Å². The van der Waals surface area contributed by atoms with E-state index in [2.05, 4.69) is 42.4 Å². The minimum Gasteiger partial charge on any atom is -0.375 e. The van der Waals surface area contributed by atoms with Gasteiger partial charge in [-0.05, 0) is 24.6 Å². The van der Waals surface area contributed by atoms with Crippen LogP contribution in [0, 0.1) is 0 Å². The summed E-state index contributed by atoms with van der Waals surface area (Å²) in [6.07, 6.45) is -1.74. The van der Waals surface area contributed by atoms with Gasteiger partial charge in [-0.3, -0.25) is 4.79 Å². The van der Waals surface area contributed by atoms with E-state index in [-0.39, 0.29) is 22.2 Å². The summed E-state index contributed by atoms with van der Waals surface area (Å²) < 4.78 is 74.7. The number of alkyl halides is 6. The maximum absolute atomic E-state index is 13.9. The zero-order chi connectivity index (χ0) is 29.4. The minimum atomic E-state index is -4.98. The molecule has 4 heterocycles. The minimum absolute atomic E-state index is 0.133. The first kappa shape index (κ1) is 28.9. The molecule has 0 aliphatic heterocycles. The topological polar surface area (TPSA) is 140 Å². The number of urea groups is 1. The molecule has 4 rings (SSSR count). The van der Waals surface area contributed by atoms with Crippen LogP contribution in [-0.4, -0.2) is 53.8 Å². The summed E-state index contributed by atoms with van der Waals surface area (Å²) in [5.41, 5.74) is -1.21. The monoisotopic (exact) mass is 607 g/mol. The van der Waals surface area contributed by atoms with E-state index in [9.17, 15) is 31.5 Å². The summed E-state index contributed by atoms with van der Waals surface area (Å²) in [7, 11) is 1.42. The second-order valence-corrected chi connectivity index (χ2v) is 8.83. The number of anilines is 3. The average molecular weight is 608 g/mol. The Hall–Kier alpha value is -4.09. The zero-order valence-corrected chi connectivity index (χ0v) is 21.6. The summed E-state index contributed by atoms with van der Waals surface area (Å²) in [6.45, 7) is 1.67. The number of nitrogens with one attached hydrogen (secondary N) is 3. The lowest BCUT2D eigenvalue weighted by molar-refractivity contribution is -0.137. The Labute approximate surface area is 230 Å². The van der Waals surface area contributed by atoms with Gasteiger partial charge in [0, 0.05) is 13.2 Å². The summed E-state index contributed by atoms with van der Waals surface area (Å²) in [4.78, 5) is 31.9. The van der Waals surface area contributed by atoms with Gasteiger partial charge in [0.15, 0.2) is 16.6 Å². The Balaban J connectivity index is 1.59. The van der Waals surface area contributed by atoms with E-state index < -0.39 is 41.0 Å². The van der Waals surface area contributed by atoms with Crippen LogP contribution in [-0.2, 0) is 15.7 Å². The third-order valence-corrected chi connectivity index (χ3v) is 5.58. The Morgan fingerprint density at radius 1 is 1.02 bits per heavy atom. The number of amides is 3. The number of hydrogen-bond donors (Lipinski definition) is 3. The van der Waals surface area contributed by atoms with Crippen LogP contribution in [0.2, 0.25) is 5.15 Å². The fraction of sp³-hybridized carbons (Fsp3) is 0.238. The molecule has 0 fully saturated rings. The van der Waals surface area contributed by atoms with Crippen molar-refractivity contribution >= 4 is 57.8 Å². The number of carbonyl (C=O) groups excluding carboxylic acids is 2. The number of ether oxygens (including phenoxy) is 1. The van der Waals surface area contributed by atoms with Crippen LogP contribution in [0.5, 0.6) is 0 Å².